The second-order valence-corrected chi connectivity index (χ2v) is 5.30. The number of nitrogens with two attached hydrogens (primary N) is 1. The van der Waals surface area contributed by atoms with Gasteiger partial charge < -0.3 is 20.5 Å². The van der Waals surface area contributed by atoms with Crippen molar-refractivity contribution in [3.05, 3.63) is 65.0 Å². The van der Waals surface area contributed by atoms with Gasteiger partial charge in [0, 0.05) is 19.2 Å². The SMILES string of the molecule is COc1cccc(F)c1C(OC)C(=O)NCc1ccc(C(=N)N)cc1.Cl. The van der Waals surface area contributed by atoms with E-state index in [1.807, 2.05) is 0 Å². The Morgan fingerprint density at radius 1 is 1.23 bits per heavy atom. The van der Waals surface area contributed by atoms with Crippen molar-refractivity contribution in [2.75, 3.05) is 14.2 Å². The van der Waals surface area contributed by atoms with Crippen LogP contribution >= 0.6 is 12.4 Å². The van der Waals surface area contributed by atoms with E-state index < -0.39 is 17.8 Å². The molecule has 0 radical (unpaired) electrons. The van der Waals surface area contributed by atoms with Gasteiger partial charge in [0.15, 0.2) is 6.10 Å². The Balaban J connectivity index is 0.00000338. The van der Waals surface area contributed by atoms with Crippen molar-refractivity contribution >= 4 is 24.1 Å². The van der Waals surface area contributed by atoms with Gasteiger partial charge in [-0.2, -0.15) is 0 Å². The Morgan fingerprint density at radius 3 is 2.42 bits per heavy atom. The predicted octanol–water partition coefficient (Wildman–Crippen LogP) is 2.54. The molecule has 0 bridgehead atoms. The van der Waals surface area contributed by atoms with Crippen molar-refractivity contribution in [3.63, 3.8) is 0 Å². The van der Waals surface area contributed by atoms with Crippen LogP contribution < -0.4 is 15.8 Å². The number of rotatable bonds is 7. The van der Waals surface area contributed by atoms with Crippen molar-refractivity contribution < 1.29 is 18.7 Å². The molecule has 8 heteroatoms. The number of carbonyl (C=O) groups excluding carboxylic acids is 1. The van der Waals surface area contributed by atoms with Crippen molar-refractivity contribution in [2.24, 2.45) is 5.73 Å². The van der Waals surface area contributed by atoms with Crippen LogP contribution in [0.2, 0.25) is 0 Å². The average Bonchev–Trinajstić information content (AvgIpc) is 2.62. The van der Waals surface area contributed by atoms with Gasteiger partial charge in [-0.25, -0.2) is 4.39 Å². The maximum absolute atomic E-state index is 14.1. The molecular formula is C18H21ClFN3O3. The molecule has 1 amide bonds. The number of methoxy groups -OCH3 is 2. The third kappa shape index (κ3) is 4.93. The van der Waals surface area contributed by atoms with Gasteiger partial charge in [-0.1, -0.05) is 30.3 Å². The lowest BCUT2D eigenvalue weighted by atomic mass is 10.1. The highest BCUT2D eigenvalue weighted by molar-refractivity contribution is 5.94. The first-order chi connectivity index (χ1) is 12.0. The van der Waals surface area contributed by atoms with Crippen LogP contribution in [0.5, 0.6) is 5.75 Å². The maximum atomic E-state index is 14.1. The van der Waals surface area contributed by atoms with Gasteiger partial charge in [0.25, 0.3) is 5.91 Å². The minimum absolute atomic E-state index is 0. The standard InChI is InChI=1S/C18H20FN3O3.ClH/c1-24-14-5-3-4-13(19)15(14)16(25-2)18(23)22-10-11-6-8-12(9-7-11)17(20)21;/h3-9,16H,10H2,1-2H3,(H3,20,21)(H,22,23);1H. The Bertz CT molecular complexity index is 769. The number of hydrogen-bond donors (Lipinski definition) is 3. The summed E-state index contributed by atoms with van der Waals surface area (Å²) in [4.78, 5) is 12.4. The van der Waals surface area contributed by atoms with E-state index in [1.54, 1.807) is 30.3 Å². The average molecular weight is 382 g/mol. The fourth-order valence-corrected chi connectivity index (χ4v) is 2.39. The van der Waals surface area contributed by atoms with Crippen LogP contribution in [0.4, 0.5) is 4.39 Å². The summed E-state index contributed by atoms with van der Waals surface area (Å²) in [6, 6.07) is 11.2. The lowest BCUT2D eigenvalue weighted by Gasteiger charge is -2.19. The quantitative estimate of drug-likeness (QED) is 0.507. The van der Waals surface area contributed by atoms with Gasteiger partial charge >= 0.3 is 0 Å². The smallest absolute Gasteiger partial charge is 0.254 e. The normalized spacial score (nSPS) is 11.2. The highest BCUT2D eigenvalue weighted by atomic mass is 35.5. The lowest BCUT2D eigenvalue weighted by molar-refractivity contribution is -0.131. The van der Waals surface area contributed by atoms with Crippen LogP contribution in [0, 0.1) is 11.2 Å². The molecule has 2 aromatic rings. The molecule has 2 rings (SSSR count). The molecule has 0 heterocycles. The first kappa shape index (κ1) is 21.4. The van der Waals surface area contributed by atoms with Crippen LogP contribution in [-0.4, -0.2) is 26.0 Å². The highest BCUT2D eigenvalue weighted by Crippen LogP contribution is 2.30. The van der Waals surface area contributed by atoms with Crippen molar-refractivity contribution in [1.29, 1.82) is 5.41 Å². The fraction of sp³-hybridized carbons (Fsp3) is 0.222. The van der Waals surface area contributed by atoms with Gasteiger partial charge in [0.2, 0.25) is 0 Å². The zero-order valence-electron chi connectivity index (χ0n) is 14.4. The number of nitrogens with one attached hydrogen (secondary N) is 2. The summed E-state index contributed by atoms with van der Waals surface area (Å²) >= 11 is 0. The number of halogens is 2. The molecule has 0 aromatic heterocycles. The maximum Gasteiger partial charge on any atom is 0.254 e. The van der Waals surface area contributed by atoms with E-state index in [4.69, 9.17) is 20.6 Å². The number of nitrogen functional groups attached to an aromatic ring is 1. The van der Waals surface area contributed by atoms with Crippen LogP contribution in [0.1, 0.15) is 22.8 Å². The summed E-state index contributed by atoms with van der Waals surface area (Å²) in [5.41, 5.74) is 6.86. The summed E-state index contributed by atoms with van der Waals surface area (Å²) in [5.74, 6) is -0.844. The molecule has 0 saturated heterocycles. The minimum Gasteiger partial charge on any atom is -0.496 e. The Kier molecular flexibility index (Phi) is 8.02. The first-order valence-corrected chi connectivity index (χ1v) is 7.54. The molecular weight excluding hydrogens is 361 g/mol. The molecule has 140 valence electrons. The molecule has 0 fully saturated rings. The zero-order valence-corrected chi connectivity index (χ0v) is 15.2. The van der Waals surface area contributed by atoms with E-state index in [2.05, 4.69) is 5.32 Å². The van der Waals surface area contributed by atoms with E-state index in [-0.39, 0.29) is 36.1 Å². The third-order valence-corrected chi connectivity index (χ3v) is 3.70. The van der Waals surface area contributed by atoms with E-state index >= 15 is 0 Å². The number of hydrogen-bond acceptors (Lipinski definition) is 4. The predicted molar refractivity (Wildman–Crippen MR) is 99.3 cm³/mol. The van der Waals surface area contributed by atoms with E-state index in [0.29, 0.717) is 5.56 Å². The summed E-state index contributed by atoms with van der Waals surface area (Å²) in [5, 5.41) is 10.1. The molecule has 2 aromatic carbocycles. The fourth-order valence-electron chi connectivity index (χ4n) is 2.39. The second kappa shape index (κ2) is 9.74. The summed E-state index contributed by atoms with van der Waals surface area (Å²) in [6.07, 6.45) is -1.13. The molecule has 4 N–H and O–H groups in total. The molecule has 26 heavy (non-hydrogen) atoms. The summed E-state index contributed by atoms with van der Waals surface area (Å²) < 4.78 is 24.5. The third-order valence-electron chi connectivity index (χ3n) is 3.70. The molecule has 0 aliphatic rings. The molecule has 1 atom stereocenters. The van der Waals surface area contributed by atoms with Crippen LogP contribution in [0.3, 0.4) is 0 Å². The van der Waals surface area contributed by atoms with Crippen molar-refractivity contribution in [1.82, 2.24) is 5.32 Å². The largest absolute Gasteiger partial charge is 0.496 e. The molecule has 0 saturated carbocycles. The van der Waals surface area contributed by atoms with Crippen molar-refractivity contribution in [3.8, 4) is 5.75 Å². The summed E-state index contributed by atoms with van der Waals surface area (Å²) in [6.45, 7) is 0.230. The topological polar surface area (TPSA) is 97.4 Å². The molecule has 6 nitrogen and oxygen atoms in total. The number of ether oxygens (including phenoxy) is 2. The van der Waals surface area contributed by atoms with Crippen LogP contribution in [0.15, 0.2) is 42.5 Å². The van der Waals surface area contributed by atoms with Gasteiger partial charge in [-0.3, -0.25) is 10.2 Å². The number of amidine groups is 1. The number of carbonyl (C=O) groups is 1. The lowest BCUT2D eigenvalue weighted by Crippen LogP contribution is -2.30. The van der Waals surface area contributed by atoms with E-state index in [1.165, 1.54) is 26.4 Å². The van der Waals surface area contributed by atoms with Crippen molar-refractivity contribution in [2.45, 2.75) is 12.6 Å². The number of benzene rings is 2. The van der Waals surface area contributed by atoms with E-state index in [0.717, 1.165) is 5.56 Å². The highest BCUT2D eigenvalue weighted by Gasteiger charge is 2.26. The molecule has 0 spiro atoms. The first-order valence-electron chi connectivity index (χ1n) is 7.54. The minimum atomic E-state index is -1.13. The molecule has 1 unspecified atom stereocenters. The summed E-state index contributed by atoms with van der Waals surface area (Å²) in [7, 11) is 2.73. The Morgan fingerprint density at radius 2 is 1.88 bits per heavy atom. The van der Waals surface area contributed by atoms with Gasteiger partial charge in [0.1, 0.15) is 17.4 Å². The monoisotopic (exact) mass is 381 g/mol. The number of amides is 1. The van der Waals surface area contributed by atoms with E-state index in [9.17, 15) is 9.18 Å². The Labute approximate surface area is 157 Å². The van der Waals surface area contributed by atoms with Gasteiger partial charge in [-0.15, -0.1) is 12.4 Å². The molecule has 0 aliphatic heterocycles. The van der Waals surface area contributed by atoms with Crippen LogP contribution in [0.25, 0.3) is 0 Å². The zero-order chi connectivity index (χ0) is 18.4. The second-order valence-electron chi connectivity index (χ2n) is 5.30. The van der Waals surface area contributed by atoms with Gasteiger partial charge in [-0.05, 0) is 17.7 Å². The van der Waals surface area contributed by atoms with Gasteiger partial charge in [0.05, 0.1) is 12.7 Å². The molecule has 0 aliphatic carbocycles. The Hall–Kier alpha value is -2.64. The van der Waals surface area contributed by atoms with Crippen LogP contribution in [-0.2, 0) is 16.1 Å².